The van der Waals surface area contributed by atoms with E-state index in [9.17, 15) is 4.39 Å². The third-order valence-electron chi connectivity index (χ3n) is 3.00. The molecule has 2 rings (SSSR count). The van der Waals surface area contributed by atoms with Gasteiger partial charge < -0.3 is 9.84 Å². The molecule has 1 atom stereocenters. The first-order valence-corrected chi connectivity index (χ1v) is 6.22. The van der Waals surface area contributed by atoms with Crippen molar-refractivity contribution in [2.75, 3.05) is 13.2 Å². The Bertz CT molecular complexity index is 405. The van der Waals surface area contributed by atoms with Gasteiger partial charge in [-0.2, -0.15) is 0 Å². The van der Waals surface area contributed by atoms with Crippen molar-refractivity contribution < 1.29 is 14.2 Å². The van der Waals surface area contributed by atoms with Crippen LogP contribution in [0, 0.1) is 11.7 Å². The highest BCUT2D eigenvalue weighted by Gasteiger charge is 2.24. The van der Waals surface area contributed by atoms with Crippen LogP contribution in [-0.4, -0.2) is 18.3 Å². The van der Waals surface area contributed by atoms with Crippen LogP contribution in [0.25, 0.3) is 0 Å². The van der Waals surface area contributed by atoms with Gasteiger partial charge in [0.05, 0.1) is 11.6 Å². The van der Waals surface area contributed by atoms with Gasteiger partial charge in [-0.3, -0.25) is 0 Å². The zero-order valence-electron chi connectivity index (χ0n) is 9.75. The summed E-state index contributed by atoms with van der Waals surface area (Å²) in [5, 5.41) is 9.44. The molecule has 0 bridgehead atoms. The third-order valence-corrected chi connectivity index (χ3v) is 3.28. The summed E-state index contributed by atoms with van der Waals surface area (Å²) in [4.78, 5) is 0. The zero-order chi connectivity index (χ0) is 12.4. The molecule has 0 radical (unpaired) electrons. The quantitative estimate of drug-likeness (QED) is 0.878. The standard InChI is InChI=1S/C13H16ClFO2/c1-8(6-16)11-4-10(15)5-12(14)13(11)17-7-9-2-3-9/h4-5,8-9,16H,2-3,6-7H2,1H3. The Morgan fingerprint density at radius 3 is 2.82 bits per heavy atom. The number of halogens is 2. The van der Waals surface area contributed by atoms with E-state index in [1.807, 2.05) is 6.92 Å². The summed E-state index contributed by atoms with van der Waals surface area (Å²) >= 11 is 5.99. The van der Waals surface area contributed by atoms with E-state index in [1.54, 1.807) is 0 Å². The number of aliphatic hydroxyl groups excluding tert-OH is 1. The molecule has 0 amide bonds. The number of hydrogen-bond donors (Lipinski definition) is 1. The van der Waals surface area contributed by atoms with Crippen LogP contribution in [-0.2, 0) is 0 Å². The second kappa shape index (κ2) is 5.23. The molecule has 0 saturated heterocycles. The van der Waals surface area contributed by atoms with E-state index < -0.39 is 5.82 Å². The van der Waals surface area contributed by atoms with Crippen LogP contribution in [0.2, 0.25) is 5.02 Å². The van der Waals surface area contributed by atoms with E-state index in [0.717, 1.165) is 0 Å². The highest BCUT2D eigenvalue weighted by Crippen LogP contribution is 2.37. The number of rotatable bonds is 5. The van der Waals surface area contributed by atoms with E-state index in [4.69, 9.17) is 21.4 Å². The summed E-state index contributed by atoms with van der Waals surface area (Å²) < 4.78 is 19.0. The van der Waals surface area contributed by atoms with E-state index in [1.165, 1.54) is 25.0 Å². The molecule has 0 spiro atoms. The van der Waals surface area contributed by atoms with Gasteiger partial charge in [-0.15, -0.1) is 0 Å². The predicted molar refractivity (Wildman–Crippen MR) is 65.1 cm³/mol. The van der Waals surface area contributed by atoms with E-state index in [2.05, 4.69) is 0 Å². The number of ether oxygens (including phenoxy) is 1. The van der Waals surface area contributed by atoms with E-state index in [0.29, 0.717) is 23.8 Å². The minimum absolute atomic E-state index is 0.0560. The van der Waals surface area contributed by atoms with E-state index >= 15 is 0 Å². The van der Waals surface area contributed by atoms with Crippen LogP contribution in [0.1, 0.15) is 31.2 Å². The van der Waals surface area contributed by atoms with Crippen molar-refractivity contribution in [2.45, 2.75) is 25.7 Å². The van der Waals surface area contributed by atoms with Crippen molar-refractivity contribution in [3.05, 3.63) is 28.5 Å². The molecule has 94 valence electrons. The van der Waals surface area contributed by atoms with Gasteiger partial charge in [0, 0.05) is 18.1 Å². The Morgan fingerprint density at radius 1 is 1.53 bits per heavy atom. The molecule has 0 aliphatic heterocycles. The van der Waals surface area contributed by atoms with Gasteiger partial charge in [0.15, 0.2) is 0 Å². The Hall–Kier alpha value is -0.800. The first kappa shape index (κ1) is 12.7. The average Bonchev–Trinajstić information content (AvgIpc) is 3.09. The molecule has 0 aromatic heterocycles. The molecule has 1 aromatic carbocycles. The average molecular weight is 259 g/mol. The Kier molecular flexibility index (Phi) is 3.89. The maximum atomic E-state index is 13.3. The van der Waals surface area contributed by atoms with Gasteiger partial charge in [-0.05, 0) is 30.9 Å². The first-order chi connectivity index (χ1) is 8.11. The fourth-order valence-corrected chi connectivity index (χ4v) is 1.95. The summed E-state index contributed by atoms with van der Waals surface area (Å²) in [6.45, 7) is 2.38. The highest BCUT2D eigenvalue weighted by molar-refractivity contribution is 6.32. The van der Waals surface area contributed by atoms with Crippen LogP contribution in [0.4, 0.5) is 4.39 Å². The van der Waals surface area contributed by atoms with Gasteiger partial charge in [-0.25, -0.2) is 4.39 Å². The molecule has 2 nitrogen and oxygen atoms in total. The van der Waals surface area contributed by atoms with Gasteiger partial charge in [0.1, 0.15) is 11.6 Å². The molecule has 1 aliphatic carbocycles. The molecule has 1 N–H and O–H groups in total. The second-order valence-corrected chi connectivity index (χ2v) is 5.05. The summed E-state index contributed by atoms with van der Waals surface area (Å²) in [7, 11) is 0. The van der Waals surface area contributed by atoms with Crippen molar-refractivity contribution in [1.82, 2.24) is 0 Å². The molecule has 1 fully saturated rings. The predicted octanol–water partition coefficient (Wildman–Crippen LogP) is 3.36. The number of aliphatic hydroxyl groups is 1. The van der Waals surface area contributed by atoms with Crippen molar-refractivity contribution in [3.63, 3.8) is 0 Å². The number of benzene rings is 1. The summed E-state index contributed by atoms with van der Waals surface area (Å²) in [6.07, 6.45) is 2.37. The molecular weight excluding hydrogens is 243 g/mol. The summed E-state index contributed by atoms with van der Waals surface area (Å²) in [5.74, 6) is 0.538. The second-order valence-electron chi connectivity index (χ2n) is 4.64. The molecule has 4 heteroatoms. The number of hydrogen-bond acceptors (Lipinski definition) is 2. The Morgan fingerprint density at radius 2 is 2.24 bits per heavy atom. The lowest BCUT2D eigenvalue weighted by molar-refractivity contribution is 0.261. The SMILES string of the molecule is CC(CO)c1cc(F)cc(Cl)c1OCC1CC1. The van der Waals surface area contributed by atoms with Crippen LogP contribution in [0.15, 0.2) is 12.1 Å². The highest BCUT2D eigenvalue weighted by atomic mass is 35.5. The lowest BCUT2D eigenvalue weighted by Crippen LogP contribution is -2.07. The smallest absolute Gasteiger partial charge is 0.141 e. The maximum Gasteiger partial charge on any atom is 0.141 e. The van der Waals surface area contributed by atoms with Crippen molar-refractivity contribution in [1.29, 1.82) is 0 Å². The van der Waals surface area contributed by atoms with Crippen LogP contribution in [0.5, 0.6) is 5.75 Å². The third kappa shape index (κ3) is 3.11. The van der Waals surface area contributed by atoms with Crippen molar-refractivity contribution in [2.24, 2.45) is 5.92 Å². The molecule has 1 saturated carbocycles. The molecular formula is C13H16ClFO2. The van der Waals surface area contributed by atoms with Crippen molar-refractivity contribution in [3.8, 4) is 5.75 Å². The van der Waals surface area contributed by atoms with E-state index in [-0.39, 0.29) is 17.5 Å². The van der Waals surface area contributed by atoms with Gasteiger partial charge in [-0.1, -0.05) is 18.5 Å². The van der Waals surface area contributed by atoms with Gasteiger partial charge in [0.2, 0.25) is 0 Å². The Balaban J connectivity index is 2.24. The molecule has 1 aliphatic rings. The fourth-order valence-electron chi connectivity index (χ4n) is 1.68. The largest absolute Gasteiger partial charge is 0.491 e. The topological polar surface area (TPSA) is 29.5 Å². The molecule has 17 heavy (non-hydrogen) atoms. The lowest BCUT2D eigenvalue weighted by Gasteiger charge is -2.16. The molecule has 1 aromatic rings. The molecule has 1 unspecified atom stereocenters. The van der Waals surface area contributed by atoms with Crippen LogP contribution >= 0.6 is 11.6 Å². The Labute approximate surface area is 105 Å². The normalized spacial score (nSPS) is 16.9. The van der Waals surface area contributed by atoms with Gasteiger partial charge in [0.25, 0.3) is 0 Å². The van der Waals surface area contributed by atoms with Crippen LogP contribution < -0.4 is 4.74 Å². The monoisotopic (exact) mass is 258 g/mol. The fraction of sp³-hybridized carbons (Fsp3) is 0.538. The summed E-state index contributed by atoms with van der Waals surface area (Å²) in [6, 6.07) is 2.63. The summed E-state index contributed by atoms with van der Waals surface area (Å²) in [5.41, 5.74) is 0.637. The minimum Gasteiger partial charge on any atom is -0.491 e. The van der Waals surface area contributed by atoms with Gasteiger partial charge >= 0.3 is 0 Å². The lowest BCUT2D eigenvalue weighted by atomic mass is 10.0. The van der Waals surface area contributed by atoms with Crippen LogP contribution in [0.3, 0.4) is 0 Å². The van der Waals surface area contributed by atoms with Crippen molar-refractivity contribution >= 4 is 11.6 Å². The zero-order valence-corrected chi connectivity index (χ0v) is 10.5. The molecule has 0 heterocycles. The minimum atomic E-state index is -0.399. The first-order valence-electron chi connectivity index (χ1n) is 5.84. The maximum absolute atomic E-state index is 13.3.